The second-order valence-electron chi connectivity index (χ2n) is 6.99. The molecule has 0 bridgehead atoms. The molecule has 24 heavy (non-hydrogen) atoms. The molecule has 0 saturated carbocycles. The van der Waals surface area contributed by atoms with Crippen LogP contribution in [-0.4, -0.2) is 36.7 Å². The Morgan fingerprint density at radius 1 is 1.17 bits per heavy atom. The van der Waals surface area contributed by atoms with Crippen LogP contribution in [0, 0.1) is 16.7 Å². The lowest BCUT2D eigenvalue weighted by Gasteiger charge is -2.30. The van der Waals surface area contributed by atoms with Crippen LogP contribution in [0.1, 0.15) is 54.4 Å². The average molecular weight is 342 g/mol. The first-order valence-corrected chi connectivity index (χ1v) is 8.10. The summed E-state index contributed by atoms with van der Waals surface area (Å²) in [6.07, 6.45) is 3.11. The van der Waals surface area contributed by atoms with Gasteiger partial charge in [-0.2, -0.15) is 0 Å². The van der Waals surface area contributed by atoms with Crippen molar-refractivity contribution in [2.24, 2.45) is 16.7 Å². The van der Waals surface area contributed by atoms with Crippen molar-refractivity contribution in [1.29, 1.82) is 0 Å². The highest BCUT2D eigenvalue weighted by molar-refractivity contribution is 5.86. The maximum Gasteiger partial charge on any atom is 0.313 e. The molecular weight excluding hydrogens is 312 g/mol. The second kappa shape index (κ2) is 8.85. The molecule has 6 heteroatoms. The maximum atomic E-state index is 12.5. The van der Waals surface area contributed by atoms with E-state index in [2.05, 4.69) is 0 Å². The van der Waals surface area contributed by atoms with Crippen LogP contribution in [0.5, 0.6) is 0 Å². The van der Waals surface area contributed by atoms with Gasteiger partial charge in [0.1, 0.15) is 0 Å². The van der Waals surface area contributed by atoms with Crippen molar-refractivity contribution >= 4 is 17.9 Å². The normalized spacial score (nSPS) is 14.0. The molecule has 0 aromatic heterocycles. The summed E-state index contributed by atoms with van der Waals surface area (Å²) in [4.78, 5) is 36.0. The fraction of sp³-hybridized carbons (Fsp3) is 0.722. The molecule has 0 amide bonds. The number of carboxylic acids is 1. The first-order chi connectivity index (χ1) is 10.9. The van der Waals surface area contributed by atoms with Gasteiger partial charge in [0.15, 0.2) is 0 Å². The van der Waals surface area contributed by atoms with E-state index in [1.165, 1.54) is 13.2 Å². The van der Waals surface area contributed by atoms with E-state index in [4.69, 9.17) is 9.47 Å². The van der Waals surface area contributed by atoms with Gasteiger partial charge in [0.25, 0.3) is 0 Å². The third kappa shape index (κ3) is 5.35. The van der Waals surface area contributed by atoms with Gasteiger partial charge in [-0.3, -0.25) is 14.4 Å². The number of carbonyl (C=O) groups excluding carboxylic acids is 2. The van der Waals surface area contributed by atoms with Crippen LogP contribution >= 0.6 is 0 Å². The van der Waals surface area contributed by atoms with E-state index in [0.29, 0.717) is 5.57 Å². The summed E-state index contributed by atoms with van der Waals surface area (Å²) in [6, 6.07) is 0. The standard InChI is InChI=1S/C18H30O6/c1-8-9-10-24-14(19)13(18(5,6)16(22)23-7)11-12(2)17(3,4)15(20)21/h11,13H,8-10H2,1-7H3,(H,20,21). The van der Waals surface area contributed by atoms with E-state index < -0.39 is 34.7 Å². The summed E-state index contributed by atoms with van der Waals surface area (Å²) in [5, 5.41) is 9.35. The molecule has 1 unspecified atom stereocenters. The van der Waals surface area contributed by atoms with Crippen molar-refractivity contribution in [2.45, 2.75) is 54.4 Å². The quantitative estimate of drug-likeness (QED) is 0.393. The van der Waals surface area contributed by atoms with E-state index in [1.807, 2.05) is 6.92 Å². The lowest BCUT2D eigenvalue weighted by molar-refractivity contribution is -0.163. The molecule has 0 fully saturated rings. The second-order valence-corrected chi connectivity index (χ2v) is 6.99. The van der Waals surface area contributed by atoms with E-state index in [1.54, 1.807) is 34.6 Å². The van der Waals surface area contributed by atoms with Gasteiger partial charge < -0.3 is 14.6 Å². The summed E-state index contributed by atoms with van der Waals surface area (Å²) in [7, 11) is 1.25. The molecule has 0 spiro atoms. The third-order valence-electron chi connectivity index (χ3n) is 4.42. The number of hydrogen-bond acceptors (Lipinski definition) is 5. The van der Waals surface area contributed by atoms with Crippen molar-refractivity contribution < 1.29 is 29.0 Å². The minimum atomic E-state index is -1.17. The predicted molar refractivity (Wildman–Crippen MR) is 90.3 cm³/mol. The number of esters is 2. The monoisotopic (exact) mass is 342 g/mol. The van der Waals surface area contributed by atoms with Gasteiger partial charge in [-0.05, 0) is 41.0 Å². The molecule has 1 atom stereocenters. The molecule has 0 aromatic carbocycles. The number of ether oxygens (including phenoxy) is 2. The van der Waals surface area contributed by atoms with Crippen LogP contribution in [0.2, 0.25) is 0 Å². The number of hydrogen-bond donors (Lipinski definition) is 1. The molecule has 6 nitrogen and oxygen atoms in total. The number of methoxy groups -OCH3 is 1. The zero-order valence-corrected chi connectivity index (χ0v) is 15.8. The maximum absolute atomic E-state index is 12.5. The molecule has 0 aliphatic heterocycles. The number of carbonyl (C=O) groups is 3. The Hall–Kier alpha value is -1.85. The Kier molecular flexibility index (Phi) is 8.17. The van der Waals surface area contributed by atoms with Crippen LogP contribution in [0.25, 0.3) is 0 Å². The van der Waals surface area contributed by atoms with Gasteiger partial charge in [0.2, 0.25) is 0 Å². The highest BCUT2D eigenvalue weighted by Crippen LogP contribution is 2.35. The molecule has 0 aliphatic carbocycles. The third-order valence-corrected chi connectivity index (χ3v) is 4.42. The van der Waals surface area contributed by atoms with Crippen LogP contribution in [0.15, 0.2) is 11.6 Å². The molecule has 0 aromatic rings. The zero-order valence-electron chi connectivity index (χ0n) is 15.8. The number of unbranched alkanes of at least 4 members (excludes halogenated alkanes) is 1. The molecule has 0 saturated heterocycles. The Morgan fingerprint density at radius 3 is 2.12 bits per heavy atom. The number of rotatable bonds is 9. The Labute approximate surface area is 144 Å². The van der Waals surface area contributed by atoms with Gasteiger partial charge in [-0.15, -0.1) is 0 Å². The predicted octanol–water partition coefficient (Wildman–Crippen LogP) is 3.20. The first kappa shape index (κ1) is 22.1. The number of carboxylic acid groups (broad SMARTS) is 1. The average Bonchev–Trinajstić information content (AvgIpc) is 2.50. The van der Waals surface area contributed by atoms with Gasteiger partial charge in [0.05, 0.1) is 30.5 Å². The van der Waals surface area contributed by atoms with Crippen LogP contribution < -0.4 is 0 Å². The van der Waals surface area contributed by atoms with Gasteiger partial charge >= 0.3 is 17.9 Å². The largest absolute Gasteiger partial charge is 0.481 e. The Morgan fingerprint density at radius 2 is 1.71 bits per heavy atom. The van der Waals surface area contributed by atoms with E-state index in [0.717, 1.165) is 12.8 Å². The molecule has 138 valence electrons. The highest BCUT2D eigenvalue weighted by atomic mass is 16.5. The number of aliphatic carboxylic acids is 1. The first-order valence-electron chi connectivity index (χ1n) is 8.10. The molecule has 0 radical (unpaired) electrons. The van der Waals surface area contributed by atoms with Gasteiger partial charge in [-0.1, -0.05) is 25.0 Å². The highest BCUT2D eigenvalue weighted by Gasteiger charge is 2.43. The minimum Gasteiger partial charge on any atom is -0.481 e. The van der Waals surface area contributed by atoms with Crippen molar-refractivity contribution in [3.05, 3.63) is 11.6 Å². The summed E-state index contributed by atoms with van der Waals surface area (Å²) < 4.78 is 10.1. The topological polar surface area (TPSA) is 89.9 Å². The van der Waals surface area contributed by atoms with Crippen molar-refractivity contribution in [1.82, 2.24) is 0 Å². The fourth-order valence-electron chi connectivity index (χ4n) is 1.99. The lowest BCUT2D eigenvalue weighted by atomic mass is 9.75. The molecular formula is C18H30O6. The van der Waals surface area contributed by atoms with Crippen molar-refractivity contribution in [2.75, 3.05) is 13.7 Å². The van der Waals surface area contributed by atoms with Gasteiger partial charge in [0, 0.05) is 0 Å². The van der Waals surface area contributed by atoms with Crippen LogP contribution in [0.4, 0.5) is 0 Å². The van der Waals surface area contributed by atoms with E-state index >= 15 is 0 Å². The van der Waals surface area contributed by atoms with Gasteiger partial charge in [-0.25, -0.2) is 0 Å². The summed E-state index contributed by atoms with van der Waals surface area (Å²) >= 11 is 0. The van der Waals surface area contributed by atoms with E-state index in [9.17, 15) is 19.5 Å². The zero-order chi connectivity index (χ0) is 19.1. The summed E-state index contributed by atoms with van der Waals surface area (Å²) in [5.74, 6) is -3.05. The fourth-order valence-corrected chi connectivity index (χ4v) is 1.99. The molecule has 0 rings (SSSR count). The SMILES string of the molecule is CCCCOC(=O)C(C=C(C)C(C)(C)C(=O)O)C(C)(C)C(=O)OC. The molecule has 0 heterocycles. The van der Waals surface area contributed by atoms with Crippen molar-refractivity contribution in [3.8, 4) is 0 Å². The Balaban J connectivity index is 5.76. The minimum absolute atomic E-state index is 0.262. The molecule has 0 aliphatic rings. The van der Waals surface area contributed by atoms with Crippen LogP contribution in [-0.2, 0) is 23.9 Å². The van der Waals surface area contributed by atoms with Crippen molar-refractivity contribution in [3.63, 3.8) is 0 Å². The summed E-state index contributed by atoms with van der Waals surface area (Å²) in [6.45, 7) is 10.1. The van der Waals surface area contributed by atoms with Crippen LogP contribution in [0.3, 0.4) is 0 Å². The smallest absolute Gasteiger partial charge is 0.313 e. The summed E-state index contributed by atoms with van der Waals surface area (Å²) in [5.41, 5.74) is -1.85. The lowest BCUT2D eigenvalue weighted by Crippen LogP contribution is -2.39. The molecule has 1 N–H and O–H groups in total. The Bertz CT molecular complexity index is 502. The van der Waals surface area contributed by atoms with E-state index in [-0.39, 0.29) is 6.61 Å².